The van der Waals surface area contributed by atoms with Crippen LogP contribution < -0.4 is 11.3 Å². The first kappa shape index (κ1) is 11.9. The van der Waals surface area contributed by atoms with Crippen molar-refractivity contribution in [1.29, 1.82) is 0 Å². The van der Waals surface area contributed by atoms with E-state index in [9.17, 15) is 9.59 Å². The summed E-state index contributed by atoms with van der Waals surface area (Å²) in [5.74, 6) is -0.209. The molecular weight excluding hydrogens is 218 g/mol. The van der Waals surface area contributed by atoms with E-state index in [1.54, 1.807) is 24.0 Å². The molecule has 5 nitrogen and oxygen atoms in total. The lowest BCUT2D eigenvalue weighted by molar-refractivity contribution is 0.0739. The molecule has 1 aliphatic heterocycles. The van der Waals surface area contributed by atoms with Crippen molar-refractivity contribution >= 4 is 5.91 Å². The average molecular weight is 235 g/mol. The van der Waals surface area contributed by atoms with Crippen molar-refractivity contribution in [2.45, 2.75) is 25.8 Å². The second kappa shape index (κ2) is 4.71. The standard InChI is InChI=1S/C12H17N3O2/c1-8-4-5-10(11(16)14-8)12(17)15-6-2-3-9(15)7-13/h4-5,9H,2-3,6-7,13H2,1H3,(H,14,16). The van der Waals surface area contributed by atoms with Crippen LogP contribution in [0.5, 0.6) is 0 Å². The molecule has 1 aromatic rings. The molecule has 0 aromatic carbocycles. The van der Waals surface area contributed by atoms with Crippen LogP contribution in [0.2, 0.25) is 0 Å². The Morgan fingerprint density at radius 2 is 2.35 bits per heavy atom. The first-order valence-corrected chi connectivity index (χ1v) is 5.84. The predicted octanol–water partition coefficient (Wildman–Crippen LogP) is 0.247. The highest BCUT2D eigenvalue weighted by atomic mass is 16.2. The summed E-state index contributed by atoms with van der Waals surface area (Å²) < 4.78 is 0. The number of nitrogens with two attached hydrogens (primary N) is 1. The lowest BCUT2D eigenvalue weighted by Gasteiger charge is -2.23. The van der Waals surface area contributed by atoms with Crippen LogP contribution in [-0.2, 0) is 0 Å². The van der Waals surface area contributed by atoms with E-state index in [1.165, 1.54) is 0 Å². The number of pyridine rings is 1. The third kappa shape index (κ3) is 2.24. The van der Waals surface area contributed by atoms with Gasteiger partial charge in [0, 0.05) is 24.8 Å². The molecule has 17 heavy (non-hydrogen) atoms. The van der Waals surface area contributed by atoms with Gasteiger partial charge in [-0.1, -0.05) is 0 Å². The molecule has 1 fully saturated rings. The van der Waals surface area contributed by atoms with E-state index < -0.39 is 0 Å². The Hall–Kier alpha value is -1.62. The average Bonchev–Trinajstić information content (AvgIpc) is 2.76. The lowest BCUT2D eigenvalue weighted by Crippen LogP contribution is -2.41. The zero-order valence-corrected chi connectivity index (χ0v) is 9.90. The van der Waals surface area contributed by atoms with Gasteiger partial charge in [0.15, 0.2) is 0 Å². The number of hydrogen-bond acceptors (Lipinski definition) is 3. The summed E-state index contributed by atoms with van der Waals surface area (Å²) in [5, 5.41) is 0. The first-order valence-electron chi connectivity index (χ1n) is 5.84. The molecule has 1 unspecified atom stereocenters. The second-order valence-electron chi connectivity index (χ2n) is 4.41. The number of nitrogens with one attached hydrogen (secondary N) is 1. The van der Waals surface area contributed by atoms with Crippen molar-refractivity contribution in [2.75, 3.05) is 13.1 Å². The van der Waals surface area contributed by atoms with Gasteiger partial charge < -0.3 is 15.6 Å². The van der Waals surface area contributed by atoms with Crippen molar-refractivity contribution in [3.63, 3.8) is 0 Å². The summed E-state index contributed by atoms with van der Waals surface area (Å²) in [6, 6.07) is 3.40. The maximum absolute atomic E-state index is 12.2. The highest BCUT2D eigenvalue weighted by Crippen LogP contribution is 2.18. The molecule has 2 heterocycles. The van der Waals surface area contributed by atoms with Gasteiger partial charge in [-0.15, -0.1) is 0 Å². The monoisotopic (exact) mass is 235 g/mol. The smallest absolute Gasteiger partial charge is 0.260 e. The van der Waals surface area contributed by atoms with Gasteiger partial charge in [0.1, 0.15) is 5.56 Å². The number of rotatable bonds is 2. The van der Waals surface area contributed by atoms with Crippen molar-refractivity contribution < 1.29 is 4.79 Å². The summed E-state index contributed by atoms with van der Waals surface area (Å²) in [5.41, 5.74) is 6.26. The maximum Gasteiger partial charge on any atom is 0.260 e. The molecule has 1 atom stereocenters. The minimum atomic E-state index is -0.322. The third-order valence-corrected chi connectivity index (χ3v) is 3.20. The fourth-order valence-electron chi connectivity index (χ4n) is 2.24. The van der Waals surface area contributed by atoms with Gasteiger partial charge in [-0.05, 0) is 31.9 Å². The molecule has 1 aliphatic rings. The first-order chi connectivity index (χ1) is 8.13. The number of likely N-dealkylation sites (tertiary alicyclic amines) is 1. The molecule has 0 radical (unpaired) electrons. The highest BCUT2D eigenvalue weighted by molar-refractivity contribution is 5.94. The van der Waals surface area contributed by atoms with E-state index in [0.717, 1.165) is 18.5 Å². The third-order valence-electron chi connectivity index (χ3n) is 3.20. The largest absolute Gasteiger partial charge is 0.334 e. The van der Waals surface area contributed by atoms with Crippen LogP contribution in [0.1, 0.15) is 28.9 Å². The number of amides is 1. The number of aromatic amines is 1. The van der Waals surface area contributed by atoms with Gasteiger partial charge in [-0.25, -0.2) is 0 Å². The Morgan fingerprint density at radius 3 is 3.00 bits per heavy atom. The van der Waals surface area contributed by atoms with Crippen LogP contribution in [0, 0.1) is 6.92 Å². The van der Waals surface area contributed by atoms with E-state index in [1.807, 2.05) is 0 Å². The number of carbonyl (C=O) groups is 1. The van der Waals surface area contributed by atoms with Gasteiger partial charge in [0.05, 0.1) is 0 Å². The normalized spacial score (nSPS) is 19.6. The summed E-state index contributed by atoms with van der Waals surface area (Å²) >= 11 is 0. The number of aryl methyl sites for hydroxylation is 1. The molecule has 92 valence electrons. The molecule has 0 saturated carbocycles. The van der Waals surface area contributed by atoms with Crippen LogP contribution in [-0.4, -0.2) is 34.9 Å². The number of hydrogen-bond donors (Lipinski definition) is 2. The molecular formula is C12H17N3O2. The summed E-state index contributed by atoms with van der Waals surface area (Å²) in [7, 11) is 0. The van der Waals surface area contributed by atoms with Crippen LogP contribution in [0.25, 0.3) is 0 Å². The Kier molecular flexibility index (Phi) is 3.28. The van der Waals surface area contributed by atoms with Crippen molar-refractivity contribution in [2.24, 2.45) is 5.73 Å². The molecule has 5 heteroatoms. The van der Waals surface area contributed by atoms with E-state index in [2.05, 4.69) is 4.98 Å². The quantitative estimate of drug-likeness (QED) is 0.771. The molecule has 1 aromatic heterocycles. The molecule has 3 N–H and O–H groups in total. The second-order valence-corrected chi connectivity index (χ2v) is 4.41. The van der Waals surface area contributed by atoms with Crippen LogP contribution in [0.3, 0.4) is 0 Å². The van der Waals surface area contributed by atoms with Gasteiger partial charge in [0.25, 0.3) is 11.5 Å². The number of nitrogens with zero attached hydrogens (tertiary/aromatic N) is 1. The fraction of sp³-hybridized carbons (Fsp3) is 0.500. The summed E-state index contributed by atoms with van der Waals surface area (Å²) in [6.07, 6.45) is 1.88. The lowest BCUT2D eigenvalue weighted by atomic mass is 10.2. The van der Waals surface area contributed by atoms with Gasteiger partial charge in [-0.3, -0.25) is 9.59 Å². The summed E-state index contributed by atoms with van der Waals surface area (Å²) in [4.78, 5) is 28.2. The van der Waals surface area contributed by atoms with E-state index in [0.29, 0.717) is 13.1 Å². The van der Waals surface area contributed by atoms with Gasteiger partial charge >= 0.3 is 0 Å². The van der Waals surface area contributed by atoms with Crippen LogP contribution in [0.15, 0.2) is 16.9 Å². The van der Waals surface area contributed by atoms with Gasteiger partial charge in [0.2, 0.25) is 0 Å². The molecule has 1 amide bonds. The van der Waals surface area contributed by atoms with Crippen molar-refractivity contribution in [1.82, 2.24) is 9.88 Å². The predicted molar refractivity (Wildman–Crippen MR) is 64.9 cm³/mol. The minimum Gasteiger partial charge on any atom is -0.334 e. The zero-order chi connectivity index (χ0) is 12.4. The van der Waals surface area contributed by atoms with E-state index in [-0.39, 0.29) is 23.1 Å². The molecule has 2 rings (SSSR count). The Morgan fingerprint density at radius 1 is 1.59 bits per heavy atom. The van der Waals surface area contributed by atoms with E-state index >= 15 is 0 Å². The van der Waals surface area contributed by atoms with E-state index in [4.69, 9.17) is 5.73 Å². The zero-order valence-electron chi connectivity index (χ0n) is 9.90. The van der Waals surface area contributed by atoms with Gasteiger partial charge in [-0.2, -0.15) is 0 Å². The summed E-state index contributed by atoms with van der Waals surface area (Å²) in [6.45, 7) is 2.93. The fourth-order valence-corrected chi connectivity index (χ4v) is 2.24. The molecule has 0 bridgehead atoms. The topological polar surface area (TPSA) is 79.2 Å². The van der Waals surface area contributed by atoms with Crippen molar-refractivity contribution in [3.8, 4) is 0 Å². The molecule has 0 aliphatic carbocycles. The van der Waals surface area contributed by atoms with Crippen LogP contribution in [0.4, 0.5) is 0 Å². The number of H-pyrrole nitrogens is 1. The molecule has 0 spiro atoms. The molecule has 1 saturated heterocycles. The van der Waals surface area contributed by atoms with Crippen molar-refractivity contribution in [3.05, 3.63) is 33.7 Å². The highest BCUT2D eigenvalue weighted by Gasteiger charge is 2.29. The SMILES string of the molecule is Cc1ccc(C(=O)N2CCCC2CN)c(=O)[nH]1. The maximum atomic E-state index is 12.2. The Bertz CT molecular complexity index is 481. The number of aromatic nitrogens is 1. The van der Waals surface area contributed by atoms with Crippen LogP contribution >= 0.6 is 0 Å². The minimum absolute atomic E-state index is 0.0724. The number of carbonyl (C=O) groups excluding carboxylic acids is 1. The Balaban J connectivity index is 2.28. The Labute approximate surface area is 99.6 Å².